The van der Waals surface area contributed by atoms with E-state index < -0.39 is 5.66 Å². The van der Waals surface area contributed by atoms with Crippen molar-refractivity contribution < 1.29 is 4.79 Å². The first-order valence-electron chi connectivity index (χ1n) is 6.01. The molecule has 1 aromatic rings. The number of piperidine rings is 1. The fourth-order valence-corrected chi connectivity index (χ4v) is 3.43. The second-order valence-corrected chi connectivity index (χ2v) is 5.75. The van der Waals surface area contributed by atoms with E-state index in [0.29, 0.717) is 10.2 Å². The van der Waals surface area contributed by atoms with E-state index >= 15 is 0 Å². The summed E-state index contributed by atoms with van der Waals surface area (Å²) >= 11 is 3.28. The number of hydrogen-bond acceptors (Lipinski definition) is 3. The number of hydrogen-bond donors (Lipinski definition) is 2. The summed E-state index contributed by atoms with van der Waals surface area (Å²) in [6.07, 6.45) is 1.48. The van der Waals surface area contributed by atoms with Gasteiger partial charge >= 0.3 is 0 Å². The standard InChI is InChI=1S/C12H14BrN3O2/c1-7-6-8(13)11(18)16-9(7)10(17)15-12(16)2-4-14-5-3-12/h6,14H,2-5H2,1H3,(H,15,17). The van der Waals surface area contributed by atoms with Gasteiger partial charge in [-0.15, -0.1) is 0 Å². The molecule has 2 aliphatic rings. The molecule has 0 radical (unpaired) electrons. The first-order chi connectivity index (χ1) is 8.55. The molecule has 2 aliphatic heterocycles. The number of carbonyl (C=O) groups is 1. The van der Waals surface area contributed by atoms with Gasteiger partial charge in [-0.3, -0.25) is 14.2 Å². The van der Waals surface area contributed by atoms with E-state index in [1.54, 1.807) is 10.6 Å². The molecular formula is C12H14BrN3O2. The summed E-state index contributed by atoms with van der Waals surface area (Å²) in [7, 11) is 0. The molecule has 2 N–H and O–H groups in total. The SMILES string of the molecule is Cc1cc(Br)c(=O)n2c1C(=O)NC21CCNCC1. The third-order valence-electron chi connectivity index (χ3n) is 3.77. The lowest BCUT2D eigenvalue weighted by atomic mass is 9.98. The molecule has 1 aromatic heterocycles. The minimum absolute atomic E-state index is 0.129. The second-order valence-electron chi connectivity index (χ2n) is 4.90. The monoisotopic (exact) mass is 311 g/mol. The van der Waals surface area contributed by atoms with Gasteiger partial charge in [-0.25, -0.2) is 0 Å². The lowest BCUT2D eigenvalue weighted by Crippen LogP contribution is -2.53. The van der Waals surface area contributed by atoms with Crippen LogP contribution in [0.5, 0.6) is 0 Å². The molecule has 0 aromatic carbocycles. The maximum atomic E-state index is 12.3. The summed E-state index contributed by atoms with van der Waals surface area (Å²) < 4.78 is 2.16. The third kappa shape index (κ3) is 1.48. The van der Waals surface area contributed by atoms with Crippen molar-refractivity contribution in [2.75, 3.05) is 13.1 Å². The molecule has 96 valence electrons. The fraction of sp³-hybridized carbons (Fsp3) is 0.500. The molecule has 1 spiro atoms. The Morgan fingerprint density at radius 2 is 2.00 bits per heavy atom. The lowest BCUT2D eigenvalue weighted by molar-refractivity contribution is 0.0886. The van der Waals surface area contributed by atoms with Gasteiger partial charge in [0, 0.05) is 12.8 Å². The number of halogens is 1. The van der Waals surface area contributed by atoms with Crippen LogP contribution in [0.3, 0.4) is 0 Å². The van der Waals surface area contributed by atoms with Crippen LogP contribution in [0, 0.1) is 6.92 Å². The molecule has 6 heteroatoms. The first-order valence-corrected chi connectivity index (χ1v) is 6.80. The number of nitrogens with one attached hydrogen (secondary N) is 2. The highest BCUT2D eigenvalue weighted by molar-refractivity contribution is 9.10. The smallest absolute Gasteiger partial charge is 0.270 e. The molecular weight excluding hydrogens is 298 g/mol. The Morgan fingerprint density at radius 3 is 2.67 bits per heavy atom. The quantitative estimate of drug-likeness (QED) is 0.741. The molecule has 0 unspecified atom stereocenters. The van der Waals surface area contributed by atoms with E-state index in [9.17, 15) is 9.59 Å². The number of amides is 1. The number of aryl methyl sites for hydroxylation is 1. The zero-order chi connectivity index (χ0) is 12.9. The third-order valence-corrected chi connectivity index (χ3v) is 4.34. The number of fused-ring (bicyclic) bond motifs is 2. The van der Waals surface area contributed by atoms with Crippen molar-refractivity contribution in [3.63, 3.8) is 0 Å². The van der Waals surface area contributed by atoms with Crippen LogP contribution in [-0.2, 0) is 5.66 Å². The molecule has 0 aliphatic carbocycles. The van der Waals surface area contributed by atoms with Crippen LogP contribution in [0.2, 0.25) is 0 Å². The van der Waals surface area contributed by atoms with Crippen molar-refractivity contribution in [2.45, 2.75) is 25.4 Å². The van der Waals surface area contributed by atoms with E-state index in [4.69, 9.17) is 0 Å². The van der Waals surface area contributed by atoms with Gasteiger partial charge in [-0.05, 0) is 47.6 Å². The average Bonchev–Trinajstić information content (AvgIpc) is 2.60. The number of aromatic nitrogens is 1. The van der Waals surface area contributed by atoms with Gasteiger partial charge in [0.25, 0.3) is 11.5 Å². The molecule has 1 saturated heterocycles. The largest absolute Gasteiger partial charge is 0.327 e. The van der Waals surface area contributed by atoms with Gasteiger partial charge in [0.2, 0.25) is 0 Å². The maximum Gasteiger partial charge on any atom is 0.270 e. The number of nitrogens with zero attached hydrogens (tertiary/aromatic N) is 1. The molecule has 5 nitrogen and oxygen atoms in total. The summed E-state index contributed by atoms with van der Waals surface area (Å²) in [5.74, 6) is -0.140. The second kappa shape index (κ2) is 3.93. The molecule has 0 saturated carbocycles. The van der Waals surface area contributed by atoms with E-state index in [2.05, 4.69) is 26.6 Å². The highest BCUT2D eigenvalue weighted by atomic mass is 79.9. The Kier molecular flexibility index (Phi) is 2.60. The maximum absolute atomic E-state index is 12.3. The van der Waals surface area contributed by atoms with Crippen LogP contribution in [0.15, 0.2) is 15.3 Å². The molecule has 1 fully saturated rings. The van der Waals surface area contributed by atoms with Crippen molar-refractivity contribution in [2.24, 2.45) is 0 Å². The van der Waals surface area contributed by atoms with Gasteiger partial charge in [0.1, 0.15) is 11.4 Å². The van der Waals surface area contributed by atoms with E-state index in [1.165, 1.54) is 0 Å². The van der Waals surface area contributed by atoms with Crippen molar-refractivity contribution in [3.8, 4) is 0 Å². The summed E-state index contributed by atoms with van der Waals surface area (Å²) in [5, 5.41) is 6.26. The number of rotatable bonds is 0. The van der Waals surface area contributed by atoms with Gasteiger partial charge in [-0.1, -0.05) is 0 Å². The van der Waals surface area contributed by atoms with Crippen molar-refractivity contribution in [1.82, 2.24) is 15.2 Å². The summed E-state index contributed by atoms with van der Waals surface area (Å²) in [6.45, 7) is 3.46. The predicted molar refractivity (Wildman–Crippen MR) is 70.7 cm³/mol. The van der Waals surface area contributed by atoms with Crippen LogP contribution < -0.4 is 16.2 Å². The number of carbonyl (C=O) groups excluding carboxylic acids is 1. The number of pyridine rings is 1. The van der Waals surface area contributed by atoms with Gasteiger partial charge in [0.15, 0.2) is 0 Å². The average molecular weight is 312 g/mol. The Hall–Kier alpha value is -1.14. The van der Waals surface area contributed by atoms with Crippen LogP contribution in [-0.4, -0.2) is 23.6 Å². The molecule has 1 amide bonds. The Bertz CT molecular complexity index is 588. The lowest BCUT2D eigenvalue weighted by Gasteiger charge is -2.35. The van der Waals surface area contributed by atoms with Crippen LogP contribution in [0.1, 0.15) is 28.9 Å². The minimum Gasteiger partial charge on any atom is -0.327 e. The van der Waals surface area contributed by atoms with E-state index in [-0.39, 0.29) is 11.5 Å². The topological polar surface area (TPSA) is 63.1 Å². The van der Waals surface area contributed by atoms with E-state index in [0.717, 1.165) is 31.5 Å². The van der Waals surface area contributed by atoms with Crippen LogP contribution >= 0.6 is 15.9 Å². The van der Waals surface area contributed by atoms with Crippen molar-refractivity contribution >= 4 is 21.8 Å². The zero-order valence-corrected chi connectivity index (χ0v) is 11.6. The minimum atomic E-state index is -0.538. The summed E-state index contributed by atoms with van der Waals surface area (Å²) in [4.78, 5) is 24.5. The Labute approximate surface area is 113 Å². The zero-order valence-electron chi connectivity index (χ0n) is 10.0. The molecule has 3 rings (SSSR count). The normalized spacial score (nSPS) is 20.9. The Morgan fingerprint density at radius 1 is 1.33 bits per heavy atom. The van der Waals surface area contributed by atoms with Gasteiger partial charge < -0.3 is 10.6 Å². The molecule has 18 heavy (non-hydrogen) atoms. The van der Waals surface area contributed by atoms with Crippen LogP contribution in [0.25, 0.3) is 0 Å². The van der Waals surface area contributed by atoms with Crippen molar-refractivity contribution in [1.29, 1.82) is 0 Å². The molecule has 0 atom stereocenters. The van der Waals surface area contributed by atoms with Gasteiger partial charge in [-0.2, -0.15) is 0 Å². The molecule has 3 heterocycles. The molecule has 0 bridgehead atoms. The van der Waals surface area contributed by atoms with E-state index in [1.807, 2.05) is 6.92 Å². The van der Waals surface area contributed by atoms with Crippen LogP contribution in [0.4, 0.5) is 0 Å². The highest BCUT2D eigenvalue weighted by Crippen LogP contribution is 2.31. The van der Waals surface area contributed by atoms with Gasteiger partial charge in [0.05, 0.1) is 4.47 Å². The fourth-order valence-electron chi connectivity index (χ4n) is 2.91. The first kappa shape index (κ1) is 11.9. The Balaban J connectivity index is 2.29. The summed E-state index contributed by atoms with van der Waals surface area (Å²) in [6, 6.07) is 1.72. The predicted octanol–water partition coefficient (Wildman–Crippen LogP) is 0.699. The van der Waals surface area contributed by atoms with Crippen molar-refractivity contribution in [3.05, 3.63) is 32.2 Å². The highest BCUT2D eigenvalue weighted by Gasteiger charge is 2.45. The summed E-state index contributed by atoms with van der Waals surface area (Å²) in [5.41, 5.74) is 0.666.